The van der Waals surface area contributed by atoms with Gasteiger partial charge in [0.25, 0.3) is 0 Å². The molecule has 0 saturated carbocycles. The molecule has 0 aromatic carbocycles. The average molecular weight is 280 g/mol. The Hall–Kier alpha value is -1.24. The fourth-order valence-electron chi connectivity index (χ4n) is 1.35. The predicted octanol–water partition coefficient (Wildman–Crippen LogP) is 2.28. The Morgan fingerprint density at radius 2 is 1.74 bits per heavy atom. The predicted molar refractivity (Wildman–Crippen MR) is 66.2 cm³/mol. The molecule has 19 heavy (non-hydrogen) atoms. The summed E-state index contributed by atoms with van der Waals surface area (Å²) in [6.07, 6.45) is -1.83. The molecular weight excluding hydrogens is 261 g/mol. The molecule has 0 rings (SSSR count). The maximum Gasteiger partial charge on any atom is 0.473 e. The van der Waals surface area contributed by atoms with Crippen LogP contribution in [0.5, 0.6) is 0 Å². The Bertz CT molecular complexity index is 338. The van der Waals surface area contributed by atoms with Crippen LogP contribution in [0.1, 0.15) is 39.5 Å². The van der Waals surface area contributed by atoms with Gasteiger partial charge in [0, 0.05) is 18.7 Å². The van der Waals surface area contributed by atoms with Crippen LogP contribution >= 0.6 is 0 Å². The number of Topliss-reactive ketones (excluding diaryl/α,β-unsaturated/α-hetero) is 1. The van der Waals surface area contributed by atoms with Crippen molar-refractivity contribution in [3.63, 3.8) is 0 Å². The van der Waals surface area contributed by atoms with Gasteiger partial charge in [-0.1, -0.05) is 6.42 Å². The Labute approximate surface area is 110 Å². The minimum Gasteiger partial charge on any atom is -0.311 e. The quantitative estimate of drug-likeness (QED) is 0.548. The smallest absolute Gasteiger partial charge is 0.311 e. The van der Waals surface area contributed by atoms with E-state index in [0.717, 1.165) is 19.3 Å². The van der Waals surface area contributed by atoms with Crippen molar-refractivity contribution in [2.24, 2.45) is 4.99 Å². The van der Waals surface area contributed by atoms with Crippen LogP contribution in [0.2, 0.25) is 0 Å². The lowest BCUT2D eigenvalue weighted by Crippen LogP contribution is -2.26. The van der Waals surface area contributed by atoms with E-state index >= 15 is 0 Å². The molecule has 0 radical (unpaired) electrons. The third-order valence-electron chi connectivity index (χ3n) is 2.30. The van der Waals surface area contributed by atoms with Gasteiger partial charge >= 0.3 is 12.1 Å². The Balaban J connectivity index is 3.69. The van der Waals surface area contributed by atoms with Crippen LogP contribution in [0.15, 0.2) is 4.99 Å². The molecule has 0 aliphatic heterocycles. The normalized spacial score (nSPS) is 12.6. The van der Waals surface area contributed by atoms with E-state index < -0.39 is 12.1 Å². The summed E-state index contributed by atoms with van der Waals surface area (Å²) >= 11 is 0. The van der Waals surface area contributed by atoms with Crippen LogP contribution in [0.3, 0.4) is 0 Å². The van der Waals surface area contributed by atoms with Crippen molar-refractivity contribution >= 4 is 17.4 Å². The Morgan fingerprint density at radius 1 is 1.11 bits per heavy atom. The first-order chi connectivity index (χ1) is 8.73. The summed E-state index contributed by atoms with van der Waals surface area (Å²) in [5.74, 6) is -1.92. The molecule has 0 heterocycles. The van der Waals surface area contributed by atoms with E-state index in [2.05, 4.69) is 10.3 Å². The first kappa shape index (κ1) is 17.8. The number of aliphatic imine (C=N–C) groups is 1. The number of alkyl halides is 3. The van der Waals surface area contributed by atoms with Gasteiger partial charge in [-0.15, -0.1) is 0 Å². The van der Waals surface area contributed by atoms with Gasteiger partial charge < -0.3 is 10.1 Å². The summed E-state index contributed by atoms with van der Waals surface area (Å²) in [5.41, 5.74) is 0.103. The highest BCUT2D eigenvalue weighted by atomic mass is 19.4. The lowest BCUT2D eigenvalue weighted by molar-refractivity contribution is -0.169. The highest BCUT2D eigenvalue weighted by molar-refractivity contribution is 5.97. The zero-order valence-electron chi connectivity index (χ0n) is 11.1. The number of halogens is 3. The molecule has 0 aromatic heterocycles. The SMILES string of the molecule is CC(=O)CCCCCNCC(C)=NC(=O)C(F)(F)F. The van der Waals surface area contributed by atoms with Crippen LogP contribution < -0.4 is 5.32 Å². The summed E-state index contributed by atoms with van der Waals surface area (Å²) in [6, 6.07) is 0. The molecule has 1 N–H and O–H groups in total. The summed E-state index contributed by atoms with van der Waals surface area (Å²) in [5, 5.41) is 2.89. The van der Waals surface area contributed by atoms with Crippen LogP contribution in [0.25, 0.3) is 0 Å². The van der Waals surface area contributed by atoms with E-state index in [1.54, 1.807) is 0 Å². The number of carbonyl (C=O) groups excluding carboxylic acids is 2. The van der Waals surface area contributed by atoms with Crippen LogP contribution in [0.4, 0.5) is 13.2 Å². The van der Waals surface area contributed by atoms with E-state index in [4.69, 9.17) is 0 Å². The monoisotopic (exact) mass is 280 g/mol. The molecule has 0 bridgehead atoms. The van der Waals surface area contributed by atoms with Gasteiger partial charge in [0.2, 0.25) is 0 Å². The molecule has 0 atom stereocenters. The number of amides is 1. The van der Waals surface area contributed by atoms with Crippen LogP contribution in [0, 0.1) is 0 Å². The first-order valence-corrected chi connectivity index (χ1v) is 6.09. The third-order valence-corrected chi connectivity index (χ3v) is 2.30. The minimum absolute atomic E-state index is 0.103. The first-order valence-electron chi connectivity index (χ1n) is 6.09. The number of hydrogen-bond acceptors (Lipinski definition) is 3. The van der Waals surface area contributed by atoms with Gasteiger partial charge in [-0.25, -0.2) is 4.99 Å². The number of nitrogens with zero attached hydrogens (tertiary/aromatic N) is 1. The third kappa shape index (κ3) is 10.4. The van der Waals surface area contributed by atoms with Crippen molar-refractivity contribution in [2.75, 3.05) is 13.1 Å². The summed E-state index contributed by atoms with van der Waals surface area (Å²) < 4.78 is 35.7. The van der Waals surface area contributed by atoms with Gasteiger partial charge in [-0.2, -0.15) is 13.2 Å². The highest BCUT2D eigenvalue weighted by Crippen LogP contribution is 2.16. The topological polar surface area (TPSA) is 58.5 Å². The van der Waals surface area contributed by atoms with E-state index in [9.17, 15) is 22.8 Å². The van der Waals surface area contributed by atoms with Gasteiger partial charge in [0.05, 0.1) is 0 Å². The zero-order valence-corrected chi connectivity index (χ0v) is 11.1. The summed E-state index contributed by atoms with van der Waals surface area (Å²) in [6.45, 7) is 3.67. The molecule has 0 unspecified atom stereocenters. The zero-order chi connectivity index (χ0) is 14.9. The molecule has 1 amide bonds. The van der Waals surface area contributed by atoms with E-state index in [1.807, 2.05) is 0 Å². The van der Waals surface area contributed by atoms with Crippen LogP contribution in [-0.2, 0) is 9.59 Å². The van der Waals surface area contributed by atoms with Gasteiger partial charge in [0.15, 0.2) is 0 Å². The lowest BCUT2D eigenvalue weighted by atomic mass is 10.1. The van der Waals surface area contributed by atoms with Crippen molar-refractivity contribution in [3.05, 3.63) is 0 Å². The number of ketones is 1. The van der Waals surface area contributed by atoms with Crippen molar-refractivity contribution in [3.8, 4) is 0 Å². The summed E-state index contributed by atoms with van der Waals surface area (Å²) in [4.78, 5) is 24.1. The molecule has 0 aromatic rings. The van der Waals surface area contributed by atoms with E-state index in [1.165, 1.54) is 13.8 Å². The minimum atomic E-state index is -4.91. The van der Waals surface area contributed by atoms with Gasteiger partial charge in [0.1, 0.15) is 5.78 Å². The average Bonchev–Trinajstić information content (AvgIpc) is 2.25. The molecule has 0 aliphatic rings. The van der Waals surface area contributed by atoms with Crippen molar-refractivity contribution in [1.29, 1.82) is 0 Å². The molecular formula is C12H19F3N2O2. The van der Waals surface area contributed by atoms with Crippen molar-refractivity contribution in [1.82, 2.24) is 5.32 Å². The number of hydrogen-bond donors (Lipinski definition) is 1. The number of rotatable bonds is 8. The van der Waals surface area contributed by atoms with Crippen molar-refractivity contribution < 1.29 is 22.8 Å². The fraction of sp³-hybridized carbons (Fsp3) is 0.750. The molecule has 0 spiro atoms. The van der Waals surface area contributed by atoms with Gasteiger partial charge in [-0.05, 0) is 33.2 Å². The molecule has 4 nitrogen and oxygen atoms in total. The number of nitrogens with one attached hydrogen (secondary N) is 1. The van der Waals surface area contributed by atoms with Gasteiger partial charge in [-0.3, -0.25) is 4.79 Å². The molecule has 110 valence electrons. The molecule has 0 aliphatic carbocycles. The second kappa shape index (κ2) is 8.79. The molecule has 7 heteroatoms. The molecule has 0 fully saturated rings. The number of unbranched alkanes of at least 4 members (excludes halogenated alkanes) is 2. The second-order valence-electron chi connectivity index (χ2n) is 4.34. The number of carbonyl (C=O) groups is 2. The van der Waals surface area contributed by atoms with Crippen molar-refractivity contribution in [2.45, 2.75) is 45.7 Å². The second-order valence-corrected chi connectivity index (χ2v) is 4.34. The van der Waals surface area contributed by atoms with E-state index in [0.29, 0.717) is 13.0 Å². The lowest BCUT2D eigenvalue weighted by Gasteiger charge is -2.05. The Kier molecular flexibility index (Phi) is 8.22. The maximum absolute atomic E-state index is 11.9. The largest absolute Gasteiger partial charge is 0.473 e. The van der Waals surface area contributed by atoms with E-state index in [-0.39, 0.29) is 18.0 Å². The maximum atomic E-state index is 11.9. The molecule has 0 saturated heterocycles. The standard InChI is InChI=1S/C12H19F3N2O2/c1-9(17-11(19)12(13,14)15)8-16-7-5-3-4-6-10(2)18/h16H,3-8H2,1-2H3. The Morgan fingerprint density at radius 3 is 2.26 bits per heavy atom. The highest BCUT2D eigenvalue weighted by Gasteiger charge is 2.38. The van der Waals surface area contributed by atoms with Crippen LogP contribution in [-0.4, -0.2) is 36.7 Å². The fourth-order valence-corrected chi connectivity index (χ4v) is 1.35. The summed E-state index contributed by atoms with van der Waals surface area (Å²) in [7, 11) is 0.